The van der Waals surface area contributed by atoms with Crippen molar-refractivity contribution >= 4 is 33.3 Å². The Balaban J connectivity index is 1.66. The average molecular weight is 491 g/mol. The third kappa shape index (κ3) is 4.18. The summed E-state index contributed by atoms with van der Waals surface area (Å²) in [6, 6.07) is 11.8. The largest absolute Gasteiger partial charge is 0.490 e. The van der Waals surface area contributed by atoms with E-state index in [1.807, 2.05) is 25.1 Å². The smallest absolute Gasteiger partial charge is 0.297 e. The van der Waals surface area contributed by atoms with Gasteiger partial charge in [0.05, 0.1) is 30.2 Å². The topological polar surface area (TPSA) is 81.9 Å². The standard InChI is InChI=1S/C27H26N2O5S/c1-4-32-21-15-17(9-10-20(21)33-13-11-16(2)3)23-22-24(30)18-7-5-6-8-19(18)34-25(22)26(31)29(23)27-28-12-14-35-27/h5-10,12,14-16,23H,4,11,13H2,1-3H3. The molecule has 0 saturated carbocycles. The summed E-state index contributed by atoms with van der Waals surface area (Å²) in [4.78, 5) is 33.1. The van der Waals surface area contributed by atoms with Crippen LogP contribution in [0.1, 0.15) is 54.9 Å². The molecule has 2 aromatic carbocycles. The first-order valence-electron chi connectivity index (χ1n) is 11.7. The molecule has 8 heteroatoms. The number of hydrogen-bond acceptors (Lipinski definition) is 7. The molecule has 1 aliphatic rings. The molecule has 3 heterocycles. The van der Waals surface area contributed by atoms with Crippen LogP contribution in [0, 0.1) is 5.92 Å². The van der Waals surface area contributed by atoms with Gasteiger partial charge in [-0.2, -0.15) is 0 Å². The van der Waals surface area contributed by atoms with Crippen LogP contribution in [0.4, 0.5) is 5.13 Å². The van der Waals surface area contributed by atoms with Crippen molar-refractivity contribution in [2.45, 2.75) is 33.2 Å². The average Bonchev–Trinajstić information content (AvgIpc) is 3.47. The predicted molar refractivity (Wildman–Crippen MR) is 136 cm³/mol. The summed E-state index contributed by atoms with van der Waals surface area (Å²) in [5.74, 6) is 1.37. The van der Waals surface area contributed by atoms with E-state index in [0.29, 0.717) is 52.3 Å². The molecule has 0 radical (unpaired) electrons. The zero-order chi connectivity index (χ0) is 24.5. The molecule has 1 unspecified atom stereocenters. The van der Waals surface area contributed by atoms with Gasteiger partial charge in [0.1, 0.15) is 5.58 Å². The van der Waals surface area contributed by atoms with Crippen molar-refractivity contribution in [1.82, 2.24) is 4.98 Å². The fourth-order valence-corrected chi connectivity index (χ4v) is 4.92. The van der Waals surface area contributed by atoms with E-state index < -0.39 is 11.9 Å². The summed E-state index contributed by atoms with van der Waals surface area (Å²) < 4.78 is 17.9. The summed E-state index contributed by atoms with van der Waals surface area (Å²) in [6.45, 7) is 7.22. The van der Waals surface area contributed by atoms with Gasteiger partial charge in [-0.05, 0) is 49.1 Å². The van der Waals surface area contributed by atoms with Gasteiger partial charge in [0, 0.05) is 11.6 Å². The molecule has 0 aliphatic carbocycles. The van der Waals surface area contributed by atoms with Crippen molar-refractivity contribution in [2.24, 2.45) is 5.92 Å². The van der Waals surface area contributed by atoms with E-state index in [2.05, 4.69) is 18.8 Å². The Morgan fingerprint density at radius 1 is 1.11 bits per heavy atom. The molecule has 7 nitrogen and oxygen atoms in total. The Bertz CT molecular complexity index is 1430. The highest BCUT2D eigenvalue weighted by molar-refractivity contribution is 7.13. The second-order valence-electron chi connectivity index (χ2n) is 8.73. The Morgan fingerprint density at radius 3 is 2.69 bits per heavy atom. The third-order valence-electron chi connectivity index (χ3n) is 5.94. The van der Waals surface area contributed by atoms with E-state index in [-0.39, 0.29) is 11.2 Å². The Labute approximate surface area is 206 Å². The van der Waals surface area contributed by atoms with Crippen LogP contribution in [0.3, 0.4) is 0 Å². The second kappa shape index (κ2) is 9.54. The minimum Gasteiger partial charge on any atom is -0.490 e. The lowest BCUT2D eigenvalue weighted by Crippen LogP contribution is -2.29. The molecule has 0 fully saturated rings. The molecule has 2 aromatic heterocycles. The normalized spacial score (nSPS) is 15.1. The molecule has 1 amide bonds. The van der Waals surface area contributed by atoms with Crippen molar-refractivity contribution in [3.05, 3.63) is 81.2 Å². The van der Waals surface area contributed by atoms with Gasteiger partial charge in [-0.1, -0.05) is 32.0 Å². The molecular weight excluding hydrogens is 464 g/mol. The van der Waals surface area contributed by atoms with Crippen molar-refractivity contribution in [1.29, 1.82) is 0 Å². The number of fused-ring (bicyclic) bond motifs is 2. The predicted octanol–water partition coefficient (Wildman–Crippen LogP) is 5.82. The van der Waals surface area contributed by atoms with Crippen LogP contribution in [-0.2, 0) is 0 Å². The molecule has 0 saturated heterocycles. The molecule has 5 rings (SSSR count). The van der Waals surface area contributed by atoms with E-state index in [0.717, 1.165) is 12.0 Å². The minimum absolute atomic E-state index is 0.0455. The van der Waals surface area contributed by atoms with Gasteiger partial charge in [-0.15, -0.1) is 11.3 Å². The van der Waals surface area contributed by atoms with Crippen LogP contribution < -0.4 is 19.8 Å². The third-order valence-corrected chi connectivity index (χ3v) is 6.71. The van der Waals surface area contributed by atoms with E-state index in [1.165, 1.54) is 16.2 Å². The monoisotopic (exact) mass is 490 g/mol. The second-order valence-corrected chi connectivity index (χ2v) is 9.61. The number of nitrogens with zero attached hydrogens (tertiary/aromatic N) is 2. The molecule has 35 heavy (non-hydrogen) atoms. The molecule has 4 aromatic rings. The summed E-state index contributed by atoms with van der Waals surface area (Å²) in [5.41, 5.74) is 1.18. The van der Waals surface area contributed by atoms with Crippen molar-refractivity contribution in [2.75, 3.05) is 18.1 Å². The number of amides is 1. The van der Waals surface area contributed by atoms with Gasteiger partial charge in [0.25, 0.3) is 5.91 Å². The zero-order valence-electron chi connectivity index (χ0n) is 19.8. The maximum atomic E-state index is 13.6. The van der Waals surface area contributed by atoms with E-state index in [4.69, 9.17) is 13.9 Å². The summed E-state index contributed by atoms with van der Waals surface area (Å²) in [5, 5.41) is 2.72. The lowest BCUT2D eigenvalue weighted by molar-refractivity contribution is 0.0971. The lowest BCUT2D eigenvalue weighted by Gasteiger charge is -2.23. The number of hydrogen-bond donors (Lipinski definition) is 0. The molecule has 1 atom stereocenters. The molecular formula is C27H26N2O5S. The van der Waals surface area contributed by atoms with Crippen LogP contribution in [0.25, 0.3) is 11.0 Å². The van der Waals surface area contributed by atoms with Crippen LogP contribution in [-0.4, -0.2) is 24.1 Å². The highest BCUT2D eigenvalue weighted by Gasteiger charge is 2.45. The van der Waals surface area contributed by atoms with E-state index >= 15 is 0 Å². The molecule has 0 bridgehead atoms. The van der Waals surface area contributed by atoms with E-state index in [1.54, 1.807) is 35.8 Å². The first-order chi connectivity index (χ1) is 17.0. The number of aromatic nitrogens is 1. The minimum atomic E-state index is -0.701. The highest BCUT2D eigenvalue weighted by atomic mass is 32.1. The Morgan fingerprint density at radius 2 is 1.94 bits per heavy atom. The maximum absolute atomic E-state index is 13.6. The van der Waals surface area contributed by atoms with Crippen molar-refractivity contribution in [3.8, 4) is 11.5 Å². The number of anilines is 1. The van der Waals surface area contributed by atoms with Crippen LogP contribution in [0.5, 0.6) is 11.5 Å². The number of carbonyl (C=O) groups excluding carboxylic acids is 1. The Hall–Kier alpha value is -3.65. The number of thiazole rings is 1. The number of para-hydroxylation sites is 1. The summed E-state index contributed by atoms with van der Waals surface area (Å²) in [7, 11) is 0. The number of carbonyl (C=O) groups is 1. The van der Waals surface area contributed by atoms with Gasteiger partial charge >= 0.3 is 0 Å². The Kier molecular flexibility index (Phi) is 6.30. The molecule has 0 N–H and O–H groups in total. The molecule has 0 spiro atoms. The first kappa shape index (κ1) is 23.1. The number of benzene rings is 2. The number of rotatable bonds is 8. The fourth-order valence-electron chi connectivity index (χ4n) is 4.25. The van der Waals surface area contributed by atoms with Gasteiger partial charge in [-0.25, -0.2) is 4.98 Å². The van der Waals surface area contributed by atoms with Crippen LogP contribution >= 0.6 is 11.3 Å². The van der Waals surface area contributed by atoms with E-state index in [9.17, 15) is 9.59 Å². The van der Waals surface area contributed by atoms with Gasteiger partial charge in [0.15, 0.2) is 22.1 Å². The first-order valence-corrected chi connectivity index (χ1v) is 12.6. The quantitative estimate of drug-likeness (QED) is 0.309. The highest BCUT2D eigenvalue weighted by Crippen LogP contribution is 2.43. The van der Waals surface area contributed by atoms with Crippen LogP contribution in [0.2, 0.25) is 0 Å². The van der Waals surface area contributed by atoms with Crippen LogP contribution in [0.15, 0.2) is 63.3 Å². The van der Waals surface area contributed by atoms with Gasteiger partial charge < -0.3 is 13.9 Å². The van der Waals surface area contributed by atoms with Crippen molar-refractivity contribution in [3.63, 3.8) is 0 Å². The number of ether oxygens (including phenoxy) is 2. The lowest BCUT2D eigenvalue weighted by atomic mass is 9.98. The summed E-state index contributed by atoms with van der Waals surface area (Å²) in [6.07, 6.45) is 2.56. The SMILES string of the molecule is CCOc1cc(C2c3c(oc4ccccc4c3=O)C(=O)N2c2nccs2)ccc1OCCC(C)C. The zero-order valence-corrected chi connectivity index (χ0v) is 20.6. The van der Waals surface area contributed by atoms with Gasteiger partial charge in [0.2, 0.25) is 5.76 Å². The fraction of sp³-hybridized carbons (Fsp3) is 0.296. The van der Waals surface area contributed by atoms with Crippen molar-refractivity contribution < 1.29 is 18.7 Å². The maximum Gasteiger partial charge on any atom is 0.297 e. The molecule has 1 aliphatic heterocycles. The van der Waals surface area contributed by atoms with Gasteiger partial charge in [-0.3, -0.25) is 14.5 Å². The summed E-state index contributed by atoms with van der Waals surface area (Å²) >= 11 is 1.33. The molecule has 180 valence electrons.